The Morgan fingerprint density at radius 1 is 0.442 bits per heavy atom. The maximum Gasteiger partial charge on any atom is 0.159 e. The summed E-state index contributed by atoms with van der Waals surface area (Å²) >= 11 is 0. The van der Waals surface area contributed by atoms with Crippen LogP contribution in [0.4, 0.5) is 0 Å². The van der Waals surface area contributed by atoms with Crippen LogP contribution >= 0.6 is 0 Å². The second-order valence-electron chi connectivity index (χ2n) is 11.5. The van der Waals surface area contributed by atoms with Gasteiger partial charge in [0.25, 0.3) is 0 Å². The van der Waals surface area contributed by atoms with E-state index in [1.54, 1.807) is 0 Å². The predicted octanol–water partition coefficient (Wildman–Crippen LogP) is 7.89. The Balaban J connectivity index is 1.35. The highest BCUT2D eigenvalue weighted by Gasteiger charge is 2.41. The molecule has 0 saturated heterocycles. The van der Waals surface area contributed by atoms with Crippen molar-refractivity contribution in [2.75, 3.05) is 0 Å². The van der Waals surface area contributed by atoms with Crippen LogP contribution in [0.1, 0.15) is 0 Å². The van der Waals surface area contributed by atoms with Gasteiger partial charge in [0.1, 0.15) is 8.07 Å². The number of hydrogen-bond donors (Lipinski definition) is 0. The molecule has 0 aliphatic carbocycles. The summed E-state index contributed by atoms with van der Waals surface area (Å²) in [6.07, 6.45) is 0. The standard InChI is InChI=1S/C38H28N4Si/c1-43(2)32-23-12-9-20-29(32)33-34(25-14-5-3-6-15-25)41-37(42-38(33)43)28-19-13-18-27(24-28)36-35(26-16-7-4-8-17-26)39-30-21-10-11-22-31(30)40-36/h3-24H,1-2H3. The molecule has 0 fully saturated rings. The van der Waals surface area contributed by atoms with Crippen molar-refractivity contribution in [1.82, 2.24) is 19.9 Å². The van der Waals surface area contributed by atoms with E-state index in [2.05, 4.69) is 104 Å². The molecule has 1 aliphatic heterocycles. The Hall–Kier alpha value is -5.26. The molecular weight excluding hydrogens is 541 g/mol. The summed E-state index contributed by atoms with van der Waals surface area (Å²) in [5.74, 6) is 0.739. The summed E-state index contributed by atoms with van der Waals surface area (Å²) in [7, 11) is -2.04. The Morgan fingerprint density at radius 3 is 1.67 bits per heavy atom. The monoisotopic (exact) mass is 568 g/mol. The molecule has 7 aromatic rings. The first-order chi connectivity index (χ1) is 21.1. The molecule has 4 nitrogen and oxygen atoms in total. The largest absolute Gasteiger partial charge is 0.244 e. The smallest absolute Gasteiger partial charge is 0.159 e. The minimum Gasteiger partial charge on any atom is -0.244 e. The van der Waals surface area contributed by atoms with Crippen LogP contribution < -0.4 is 10.5 Å². The van der Waals surface area contributed by atoms with Gasteiger partial charge < -0.3 is 0 Å². The van der Waals surface area contributed by atoms with E-state index in [-0.39, 0.29) is 0 Å². The van der Waals surface area contributed by atoms with Crippen LogP contribution in [0.25, 0.3) is 67.3 Å². The second-order valence-corrected chi connectivity index (χ2v) is 15.8. The third kappa shape index (κ3) is 4.20. The highest BCUT2D eigenvalue weighted by molar-refractivity contribution is 7.03. The molecule has 0 unspecified atom stereocenters. The summed E-state index contributed by atoms with van der Waals surface area (Å²) in [5.41, 5.74) is 11.0. The summed E-state index contributed by atoms with van der Waals surface area (Å²) in [6, 6.07) is 46.1. The second kappa shape index (κ2) is 9.93. The molecule has 0 bridgehead atoms. The van der Waals surface area contributed by atoms with Crippen molar-refractivity contribution in [1.29, 1.82) is 0 Å². The quantitative estimate of drug-likeness (QED) is 0.203. The molecule has 8 rings (SSSR count). The van der Waals surface area contributed by atoms with Crippen molar-refractivity contribution in [2.24, 2.45) is 0 Å². The van der Waals surface area contributed by atoms with E-state index in [0.29, 0.717) is 0 Å². The molecule has 2 aromatic heterocycles. The summed E-state index contributed by atoms with van der Waals surface area (Å²) in [5, 5.41) is 2.61. The lowest BCUT2D eigenvalue weighted by Crippen LogP contribution is -2.50. The lowest BCUT2D eigenvalue weighted by molar-refractivity contribution is 1.21. The average molecular weight is 569 g/mol. The fraction of sp³-hybridized carbons (Fsp3) is 0.0526. The summed E-state index contributed by atoms with van der Waals surface area (Å²) in [4.78, 5) is 20.9. The number of benzene rings is 5. The molecule has 0 saturated carbocycles. The average Bonchev–Trinajstić information content (AvgIpc) is 3.31. The normalized spacial score (nSPS) is 13.1. The van der Waals surface area contributed by atoms with Gasteiger partial charge in [-0.25, -0.2) is 19.9 Å². The Bertz CT molecular complexity index is 2160. The zero-order valence-corrected chi connectivity index (χ0v) is 25.0. The minimum absolute atomic E-state index is 0.739. The molecule has 3 heterocycles. The summed E-state index contributed by atoms with van der Waals surface area (Å²) in [6.45, 7) is 4.80. The highest BCUT2D eigenvalue weighted by Crippen LogP contribution is 2.37. The number of aromatic nitrogens is 4. The lowest BCUT2D eigenvalue weighted by atomic mass is 9.99. The van der Waals surface area contributed by atoms with Gasteiger partial charge in [-0.15, -0.1) is 0 Å². The zero-order chi connectivity index (χ0) is 29.0. The topological polar surface area (TPSA) is 51.6 Å². The molecule has 204 valence electrons. The molecule has 43 heavy (non-hydrogen) atoms. The van der Waals surface area contributed by atoms with Crippen molar-refractivity contribution in [3.63, 3.8) is 0 Å². The molecule has 0 amide bonds. The maximum atomic E-state index is 5.36. The van der Waals surface area contributed by atoms with Crippen molar-refractivity contribution in [3.8, 4) is 56.3 Å². The third-order valence-corrected chi connectivity index (χ3v) is 11.8. The zero-order valence-electron chi connectivity index (χ0n) is 24.0. The molecule has 0 radical (unpaired) electrons. The maximum absolute atomic E-state index is 5.36. The number of hydrogen-bond acceptors (Lipinski definition) is 4. The van der Waals surface area contributed by atoms with E-state index in [1.807, 2.05) is 42.5 Å². The number of para-hydroxylation sites is 2. The van der Waals surface area contributed by atoms with Crippen molar-refractivity contribution in [2.45, 2.75) is 13.1 Å². The van der Waals surface area contributed by atoms with E-state index in [4.69, 9.17) is 19.9 Å². The molecule has 1 aliphatic rings. The first-order valence-corrected chi connectivity index (χ1v) is 17.6. The van der Waals surface area contributed by atoms with Crippen LogP contribution in [0.3, 0.4) is 0 Å². The van der Waals surface area contributed by atoms with E-state index >= 15 is 0 Å². The van der Waals surface area contributed by atoms with E-state index in [0.717, 1.165) is 56.2 Å². The van der Waals surface area contributed by atoms with Crippen LogP contribution in [0.5, 0.6) is 0 Å². The Labute approximate surface area is 251 Å². The van der Waals surface area contributed by atoms with Crippen LogP contribution in [-0.4, -0.2) is 28.0 Å². The molecule has 5 heteroatoms. The van der Waals surface area contributed by atoms with Crippen molar-refractivity contribution < 1.29 is 0 Å². The van der Waals surface area contributed by atoms with Gasteiger partial charge in [-0.1, -0.05) is 128 Å². The Kier molecular flexibility index (Phi) is 5.88. The van der Waals surface area contributed by atoms with Gasteiger partial charge in [-0.3, -0.25) is 0 Å². The molecule has 0 N–H and O–H groups in total. The summed E-state index contributed by atoms with van der Waals surface area (Å²) < 4.78 is 0. The van der Waals surface area contributed by atoms with Crippen molar-refractivity contribution >= 4 is 29.6 Å². The predicted molar refractivity (Wildman–Crippen MR) is 179 cm³/mol. The van der Waals surface area contributed by atoms with Crippen LogP contribution in [0, 0.1) is 0 Å². The first-order valence-electron chi connectivity index (χ1n) is 14.6. The Morgan fingerprint density at radius 2 is 0.977 bits per heavy atom. The van der Waals surface area contributed by atoms with Gasteiger partial charge in [0.2, 0.25) is 0 Å². The molecule has 5 aromatic carbocycles. The number of fused-ring (bicyclic) bond motifs is 4. The lowest BCUT2D eigenvalue weighted by Gasteiger charge is -2.19. The molecular formula is C38H28N4Si. The van der Waals surface area contributed by atoms with Gasteiger partial charge in [-0.05, 0) is 28.9 Å². The van der Waals surface area contributed by atoms with Crippen molar-refractivity contribution in [3.05, 3.63) is 133 Å². The molecule has 0 spiro atoms. The van der Waals surface area contributed by atoms with Gasteiger partial charge in [0, 0.05) is 33.1 Å². The highest BCUT2D eigenvalue weighted by atomic mass is 28.3. The van der Waals surface area contributed by atoms with Gasteiger partial charge in [0.15, 0.2) is 5.82 Å². The SMILES string of the molecule is C[Si]1(C)c2ccccc2-c2c(-c3ccccc3)nc(-c3cccc(-c4nc5ccccc5nc4-c4ccccc4)c3)nc21. The fourth-order valence-corrected chi connectivity index (χ4v) is 9.19. The third-order valence-electron chi connectivity index (χ3n) is 8.43. The first kappa shape index (κ1) is 25.4. The minimum atomic E-state index is -2.04. The fourth-order valence-electron chi connectivity index (χ4n) is 6.28. The van der Waals surface area contributed by atoms with Gasteiger partial charge >= 0.3 is 0 Å². The van der Waals surface area contributed by atoms with Crippen LogP contribution in [0.15, 0.2) is 133 Å². The van der Waals surface area contributed by atoms with Gasteiger partial charge in [0.05, 0.1) is 28.1 Å². The number of nitrogens with zero attached hydrogens (tertiary/aromatic N) is 4. The molecule has 0 atom stereocenters. The van der Waals surface area contributed by atoms with Gasteiger partial charge in [-0.2, -0.15) is 0 Å². The van der Waals surface area contributed by atoms with E-state index in [1.165, 1.54) is 21.6 Å². The van der Waals surface area contributed by atoms with Crippen LogP contribution in [0.2, 0.25) is 13.1 Å². The number of rotatable bonds is 4. The van der Waals surface area contributed by atoms with E-state index < -0.39 is 8.07 Å². The van der Waals surface area contributed by atoms with Crippen LogP contribution in [-0.2, 0) is 0 Å². The van der Waals surface area contributed by atoms with E-state index in [9.17, 15) is 0 Å².